The lowest BCUT2D eigenvalue weighted by atomic mass is 10.1. The molecule has 0 heterocycles. The zero-order valence-electron chi connectivity index (χ0n) is 10.7. The molecule has 0 atom stereocenters. The van der Waals surface area contributed by atoms with Gasteiger partial charge in [-0.1, -0.05) is 30.3 Å². The van der Waals surface area contributed by atoms with Crippen LogP contribution in [0.3, 0.4) is 0 Å². The first kappa shape index (κ1) is 13.7. The summed E-state index contributed by atoms with van der Waals surface area (Å²) in [5.74, 6) is 0.389. The highest BCUT2D eigenvalue weighted by Gasteiger charge is 2.10. The average Bonchev–Trinajstić information content (AvgIpc) is 2.46. The van der Waals surface area contributed by atoms with Crippen molar-refractivity contribution in [2.75, 3.05) is 0 Å². The first-order chi connectivity index (χ1) is 9.69. The van der Waals surface area contributed by atoms with Crippen LogP contribution < -0.4 is 4.74 Å². The van der Waals surface area contributed by atoms with E-state index < -0.39 is 4.92 Å². The van der Waals surface area contributed by atoms with E-state index in [4.69, 9.17) is 4.74 Å². The Morgan fingerprint density at radius 2 is 1.85 bits per heavy atom. The second-order valence-corrected chi connectivity index (χ2v) is 4.24. The number of non-ortho nitro benzene ring substituents is 1. The van der Waals surface area contributed by atoms with Crippen molar-refractivity contribution < 1.29 is 14.5 Å². The summed E-state index contributed by atoms with van der Waals surface area (Å²) < 4.78 is 5.55. The van der Waals surface area contributed by atoms with Crippen LogP contribution in [0.5, 0.6) is 5.75 Å². The number of benzene rings is 2. The lowest BCUT2D eigenvalue weighted by Gasteiger charge is -2.07. The van der Waals surface area contributed by atoms with Gasteiger partial charge >= 0.3 is 0 Å². The molecule has 0 aliphatic heterocycles. The Labute approximate surface area is 116 Å². The maximum atomic E-state index is 10.8. The summed E-state index contributed by atoms with van der Waals surface area (Å²) in [6.07, 6.45) is 0.837. The van der Waals surface area contributed by atoms with Crippen molar-refractivity contribution in [2.24, 2.45) is 0 Å². The summed E-state index contributed by atoms with van der Waals surface area (Å²) in [6.45, 7) is 0.322. The fourth-order valence-corrected chi connectivity index (χ4v) is 1.79. The van der Waals surface area contributed by atoms with Crippen LogP contribution in [0.2, 0.25) is 0 Å². The number of rotatable bonds is 6. The van der Waals surface area contributed by atoms with E-state index in [-0.39, 0.29) is 12.1 Å². The number of nitro benzene ring substituents is 1. The molecule has 0 spiro atoms. The fourth-order valence-electron chi connectivity index (χ4n) is 1.79. The number of nitro groups is 1. The maximum absolute atomic E-state index is 10.8. The van der Waals surface area contributed by atoms with Crippen molar-refractivity contribution >= 4 is 12.0 Å². The maximum Gasteiger partial charge on any atom is 0.273 e. The Balaban J connectivity index is 2.17. The van der Waals surface area contributed by atoms with Crippen molar-refractivity contribution in [3.05, 3.63) is 69.8 Å². The standard InChI is InChI=1S/C15H13NO4/c17-7-6-13-8-14(16(18)19)10-15(9-13)20-11-12-4-2-1-3-5-12/h1-5,7-10H,6,11H2. The number of hydrogen-bond acceptors (Lipinski definition) is 4. The second kappa shape index (κ2) is 6.47. The van der Waals surface area contributed by atoms with Gasteiger partial charge in [0.2, 0.25) is 0 Å². The van der Waals surface area contributed by atoms with Crippen molar-refractivity contribution in [3.63, 3.8) is 0 Å². The molecule has 0 unspecified atom stereocenters. The summed E-state index contributed by atoms with van der Waals surface area (Å²) in [5.41, 5.74) is 1.46. The first-order valence-electron chi connectivity index (χ1n) is 6.08. The highest BCUT2D eigenvalue weighted by molar-refractivity contribution is 5.57. The molecule has 102 valence electrons. The molecule has 0 fully saturated rings. The van der Waals surface area contributed by atoms with Gasteiger partial charge in [0.1, 0.15) is 18.6 Å². The molecule has 0 amide bonds. The lowest BCUT2D eigenvalue weighted by molar-refractivity contribution is -0.385. The molecular formula is C15H13NO4. The largest absolute Gasteiger partial charge is 0.489 e. The minimum atomic E-state index is -0.496. The van der Waals surface area contributed by atoms with Gasteiger partial charge in [-0.15, -0.1) is 0 Å². The van der Waals surface area contributed by atoms with Gasteiger partial charge in [0, 0.05) is 12.5 Å². The third-order valence-electron chi connectivity index (χ3n) is 2.73. The van der Waals surface area contributed by atoms with Crippen molar-refractivity contribution in [1.29, 1.82) is 0 Å². The van der Waals surface area contributed by atoms with Gasteiger partial charge in [0.15, 0.2) is 0 Å². The van der Waals surface area contributed by atoms with Gasteiger partial charge in [0.05, 0.1) is 11.0 Å². The van der Waals surface area contributed by atoms with Crippen molar-refractivity contribution in [3.8, 4) is 5.75 Å². The fraction of sp³-hybridized carbons (Fsp3) is 0.133. The Morgan fingerprint density at radius 1 is 1.10 bits per heavy atom. The molecule has 20 heavy (non-hydrogen) atoms. The van der Waals surface area contributed by atoms with Crippen LogP contribution in [0.1, 0.15) is 11.1 Å². The monoisotopic (exact) mass is 271 g/mol. The molecule has 2 aromatic rings. The zero-order chi connectivity index (χ0) is 14.4. The first-order valence-corrected chi connectivity index (χ1v) is 6.08. The van der Waals surface area contributed by atoms with Gasteiger partial charge in [0.25, 0.3) is 5.69 Å². The normalized spacial score (nSPS) is 10.0. The molecular weight excluding hydrogens is 258 g/mol. The van der Waals surface area contributed by atoms with E-state index in [2.05, 4.69) is 0 Å². The van der Waals surface area contributed by atoms with E-state index >= 15 is 0 Å². The molecule has 0 N–H and O–H groups in total. The lowest BCUT2D eigenvalue weighted by Crippen LogP contribution is -1.98. The number of nitrogens with zero attached hydrogens (tertiary/aromatic N) is 1. The molecule has 0 bridgehead atoms. The Bertz CT molecular complexity index is 611. The van der Waals surface area contributed by atoms with E-state index in [0.717, 1.165) is 5.56 Å². The second-order valence-electron chi connectivity index (χ2n) is 4.24. The Hall–Kier alpha value is -2.69. The highest BCUT2D eigenvalue weighted by atomic mass is 16.6. The van der Waals surface area contributed by atoms with Gasteiger partial charge in [-0.2, -0.15) is 0 Å². The summed E-state index contributed by atoms with van der Waals surface area (Å²) in [5, 5.41) is 10.8. The van der Waals surface area contributed by atoms with Crippen molar-refractivity contribution in [1.82, 2.24) is 0 Å². The van der Waals surface area contributed by atoms with Gasteiger partial charge in [-0.05, 0) is 17.2 Å². The predicted octanol–water partition coefficient (Wildman–Crippen LogP) is 2.92. The van der Waals surface area contributed by atoms with Crippen LogP contribution in [0.15, 0.2) is 48.5 Å². The zero-order valence-corrected chi connectivity index (χ0v) is 10.7. The summed E-state index contributed by atoms with van der Waals surface area (Å²) >= 11 is 0. The van der Waals surface area contributed by atoms with Gasteiger partial charge in [-0.3, -0.25) is 10.1 Å². The SMILES string of the molecule is O=CCc1cc(OCc2ccccc2)cc([N+](=O)[O-])c1. The van der Waals surface area contributed by atoms with Gasteiger partial charge < -0.3 is 9.53 Å². The molecule has 2 aromatic carbocycles. The third kappa shape index (κ3) is 3.65. The molecule has 2 rings (SSSR count). The molecule has 5 heteroatoms. The van der Waals surface area contributed by atoms with Crippen LogP contribution in [-0.2, 0) is 17.8 Å². The number of aldehydes is 1. The Morgan fingerprint density at radius 3 is 2.50 bits per heavy atom. The summed E-state index contributed by atoms with van der Waals surface area (Å²) in [6, 6.07) is 13.9. The highest BCUT2D eigenvalue weighted by Crippen LogP contribution is 2.23. The van der Waals surface area contributed by atoms with Gasteiger partial charge in [-0.25, -0.2) is 0 Å². The van der Waals surface area contributed by atoms with E-state index in [1.807, 2.05) is 30.3 Å². The van der Waals surface area contributed by atoms with E-state index in [1.165, 1.54) is 12.1 Å². The van der Waals surface area contributed by atoms with Crippen LogP contribution >= 0.6 is 0 Å². The van der Waals surface area contributed by atoms with Crippen LogP contribution in [-0.4, -0.2) is 11.2 Å². The molecule has 0 aromatic heterocycles. The number of carbonyl (C=O) groups is 1. The topological polar surface area (TPSA) is 69.4 Å². The summed E-state index contributed by atoms with van der Waals surface area (Å²) in [4.78, 5) is 20.9. The molecule has 0 saturated carbocycles. The van der Waals surface area contributed by atoms with Crippen LogP contribution in [0.4, 0.5) is 5.69 Å². The summed E-state index contributed by atoms with van der Waals surface area (Å²) in [7, 11) is 0. The molecule has 0 aliphatic carbocycles. The Kier molecular flexibility index (Phi) is 4.44. The molecule has 0 radical (unpaired) electrons. The smallest absolute Gasteiger partial charge is 0.273 e. The average molecular weight is 271 g/mol. The number of ether oxygens (including phenoxy) is 1. The minimum absolute atomic E-state index is 0.0765. The minimum Gasteiger partial charge on any atom is -0.489 e. The van der Waals surface area contributed by atoms with Crippen molar-refractivity contribution in [2.45, 2.75) is 13.0 Å². The molecule has 0 aliphatic rings. The van der Waals surface area contributed by atoms with Crippen LogP contribution in [0.25, 0.3) is 0 Å². The third-order valence-corrected chi connectivity index (χ3v) is 2.73. The van der Waals surface area contributed by atoms with E-state index in [1.54, 1.807) is 6.07 Å². The number of carbonyl (C=O) groups excluding carboxylic acids is 1. The predicted molar refractivity (Wildman–Crippen MR) is 73.6 cm³/mol. The number of hydrogen-bond donors (Lipinski definition) is 0. The molecule has 0 saturated heterocycles. The van der Waals surface area contributed by atoms with E-state index in [0.29, 0.717) is 24.2 Å². The molecule has 5 nitrogen and oxygen atoms in total. The van der Waals surface area contributed by atoms with E-state index in [9.17, 15) is 14.9 Å². The van der Waals surface area contributed by atoms with Crippen LogP contribution in [0, 0.1) is 10.1 Å². The quantitative estimate of drug-likeness (QED) is 0.460.